The number of aromatic nitrogens is 3. The fraction of sp³-hybridized carbons (Fsp3) is 0.500. The van der Waals surface area contributed by atoms with E-state index in [2.05, 4.69) is 21.7 Å². The summed E-state index contributed by atoms with van der Waals surface area (Å²) in [4.78, 5) is 0. The van der Waals surface area contributed by atoms with Crippen molar-refractivity contribution in [1.82, 2.24) is 14.8 Å². The van der Waals surface area contributed by atoms with E-state index in [-0.39, 0.29) is 17.1 Å². The molecule has 122 valence electrons. The molecule has 0 spiro atoms. The first-order valence-electron chi connectivity index (χ1n) is 7.67. The fourth-order valence-electron chi connectivity index (χ4n) is 3.61. The largest absolute Gasteiger partial charge is 0.508 e. The SMILES string of the molecule is C[C@@]1(c2nnc3n2C[C@H](c2c(O)ccc(Cl)c2Cl)C3)CCOC1. The molecule has 1 N–H and O–H groups in total. The van der Waals surface area contributed by atoms with Crippen LogP contribution in [0.4, 0.5) is 0 Å². The van der Waals surface area contributed by atoms with Crippen molar-refractivity contribution in [2.75, 3.05) is 13.2 Å². The van der Waals surface area contributed by atoms with Gasteiger partial charge < -0.3 is 14.4 Å². The minimum atomic E-state index is -0.0969. The molecule has 0 saturated carbocycles. The number of benzene rings is 1. The summed E-state index contributed by atoms with van der Waals surface area (Å²) < 4.78 is 7.70. The Morgan fingerprint density at radius 2 is 2.17 bits per heavy atom. The third-order valence-corrected chi connectivity index (χ3v) is 5.75. The Morgan fingerprint density at radius 1 is 1.35 bits per heavy atom. The van der Waals surface area contributed by atoms with E-state index in [1.54, 1.807) is 12.1 Å². The standard InChI is InChI=1S/C16H17Cl2N3O2/c1-16(4-5-23-8-16)15-20-19-12-6-9(7-21(12)15)13-11(22)3-2-10(17)14(13)18/h2-3,9,22H,4-8H2,1H3/t9-,16-/m1/s1. The number of fused-ring (bicyclic) bond motifs is 1. The highest BCUT2D eigenvalue weighted by molar-refractivity contribution is 6.42. The lowest BCUT2D eigenvalue weighted by molar-refractivity contribution is 0.178. The third kappa shape index (κ3) is 2.33. The Balaban J connectivity index is 1.70. The van der Waals surface area contributed by atoms with E-state index in [9.17, 15) is 5.11 Å². The van der Waals surface area contributed by atoms with Gasteiger partial charge in [-0.05, 0) is 18.6 Å². The van der Waals surface area contributed by atoms with Gasteiger partial charge in [-0.2, -0.15) is 0 Å². The van der Waals surface area contributed by atoms with Gasteiger partial charge >= 0.3 is 0 Å². The molecule has 2 aliphatic rings. The number of hydrogen-bond acceptors (Lipinski definition) is 4. The molecule has 3 heterocycles. The minimum Gasteiger partial charge on any atom is -0.508 e. The van der Waals surface area contributed by atoms with Crippen molar-refractivity contribution in [2.45, 2.75) is 37.6 Å². The molecule has 0 aliphatic carbocycles. The van der Waals surface area contributed by atoms with Gasteiger partial charge in [0.1, 0.15) is 17.4 Å². The number of rotatable bonds is 2. The summed E-state index contributed by atoms with van der Waals surface area (Å²) >= 11 is 12.4. The predicted octanol–water partition coefficient (Wildman–Crippen LogP) is 3.31. The molecule has 2 aromatic rings. The maximum absolute atomic E-state index is 10.2. The monoisotopic (exact) mass is 353 g/mol. The van der Waals surface area contributed by atoms with Crippen LogP contribution in [0, 0.1) is 0 Å². The van der Waals surface area contributed by atoms with Gasteiger partial charge in [-0.15, -0.1) is 10.2 Å². The average molecular weight is 354 g/mol. The van der Waals surface area contributed by atoms with E-state index >= 15 is 0 Å². The van der Waals surface area contributed by atoms with Crippen LogP contribution in [0.1, 0.15) is 36.5 Å². The summed E-state index contributed by atoms with van der Waals surface area (Å²) in [6.45, 7) is 4.28. The van der Waals surface area contributed by atoms with Crippen molar-refractivity contribution in [2.24, 2.45) is 0 Å². The first-order chi connectivity index (χ1) is 11.0. The first-order valence-corrected chi connectivity index (χ1v) is 8.42. The molecule has 0 amide bonds. The topological polar surface area (TPSA) is 60.2 Å². The summed E-state index contributed by atoms with van der Waals surface area (Å²) in [5, 5.41) is 19.8. The zero-order valence-corrected chi connectivity index (χ0v) is 14.2. The van der Waals surface area contributed by atoms with Gasteiger partial charge in [0.05, 0.1) is 22.1 Å². The van der Waals surface area contributed by atoms with Crippen LogP contribution in [0.3, 0.4) is 0 Å². The zero-order valence-electron chi connectivity index (χ0n) is 12.7. The van der Waals surface area contributed by atoms with Crippen LogP contribution in [-0.2, 0) is 23.1 Å². The normalized spacial score (nSPS) is 26.7. The number of phenols is 1. The number of hydrogen-bond donors (Lipinski definition) is 1. The number of phenolic OH excluding ortho intramolecular Hbond substituents is 1. The highest BCUT2D eigenvalue weighted by atomic mass is 35.5. The molecule has 1 aromatic heterocycles. The van der Waals surface area contributed by atoms with Crippen LogP contribution in [0.2, 0.25) is 10.0 Å². The molecular formula is C16H17Cl2N3O2. The molecule has 1 saturated heterocycles. The van der Waals surface area contributed by atoms with Gasteiger partial charge in [0.2, 0.25) is 0 Å². The quantitative estimate of drug-likeness (QED) is 0.899. The second-order valence-corrected chi connectivity index (χ2v) is 7.39. The Hall–Kier alpha value is -1.30. The molecule has 1 fully saturated rings. The average Bonchev–Trinajstić information content (AvgIpc) is 3.19. The second kappa shape index (κ2) is 5.36. The Kier molecular flexibility index (Phi) is 3.55. The molecule has 0 bridgehead atoms. The fourth-order valence-corrected chi connectivity index (χ4v) is 4.09. The molecule has 0 radical (unpaired) electrons. The van der Waals surface area contributed by atoms with Crippen molar-refractivity contribution in [3.63, 3.8) is 0 Å². The van der Waals surface area contributed by atoms with Crippen molar-refractivity contribution < 1.29 is 9.84 Å². The van der Waals surface area contributed by atoms with Gasteiger partial charge in [-0.25, -0.2) is 0 Å². The number of aromatic hydroxyl groups is 1. The van der Waals surface area contributed by atoms with Crippen LogP contribution in [0.15, 0.2) is 12.1 Å². The summed E-state index contributed by atoms with van der Waals surface area (Å²) in [6.07, 6.45) is 1.64. The van der Waals surface area contributed by atoms with Crippen LogP contribution in [0.5, 0.6) is 5.75 Å². The number of ether oxygens (including phenoxy) is 1. The van der Waals surface area contributed by atoms with Crippen LogP contribution in [0.25, 0.3) is 0 Å². The molecule has 4 rings (SSSR count). The molecule has 2 atom stereocenters. The number of halogens is 2. The van der Waals surface area contributed by atoms with E-state index in [1.165, 1.54) is 0 Å². The highest BCUT2D eigenvalue weighted by Crippen LogP contribution is 2.43. The van der Waals surface area contributed by atoms with E-state index < -0.39 is 0 Å². The first kappa shape index (κ1) is 15.2. The van der Waals surface area contributed by atoms with Crippen molar-refractivity contribution in [3.8, 4) is 5.75 Å². The van der Waals surface area contributed by atoms with E-state index in [4.69, 9.17) is 27.9 Å². The zero-order chi connectivity index (χ0) is 16.2. The van der Waals surface area contributed by atoms with Crippen LogP contribution < -0.4 is 0 Å². The van der Waals surface area contributed by atoms with Crippen LogP contribution in [-0.4, -0.2) is 33.1 Å². The second-order valence-electron chi connectivity index (χ2n) is 6.61. The molecule has 0 unspecified atom stereocenters. The summed E-state index contributed by atoms with van der Waals surface area (Å²) in [5.74, 6) is 2.12. The highest BCUT2D eigenvalue weighted by Gasteiger charge is 2.40. The Bertz CT molecular complexity index is 769. The maximum Gasteiger partial charge on any atom is 0.141 e. The lowest BCUT2D eigenvalue weighted by Crippen LogP contribution is -2.27. The van der Waals surface area contributed by atoms with Gasteiger partial charge in [0.25, 0.3) is 0 Å². The summed E-state index contributed by atoms with van der Waals surface area (Å²) in [7, 11) is 0. The molecule has 7 heteroatoms. The van der Waals surface area contributed by atoms with Gasteiger partial charge in [-0.1, -0.05) is 30.1 Å². The summed E-state index contributed by atoms with van der Waals surface area (Å²) in [5.41, 5.74) is 0.601. The molecule has 2 aliphatic heterocycles. The predicted molar refractivity (Wildman–Crippen MR) is 87.4 cm³/mol. The van der Waals surface area contributed by atoms with E-state index in [0.29, 0.717) is 35.2 Å². The number of nitrogens with zero attached hydrogens (tertiary/aromatic N) is 3. The third-order valence-electron chi connectivity index (χ3n) is 4.94. The maximum atomic E-state index is 10.2. The summed E-state index contributed by atoms with van der Waals surface area (Å²) in [6, 6.07) is 3.20. The van der Waals surface area contributed by atoms with Crippen molar-refractivity contribution in [3.05, 3.63) is 39.4 Å². The van der Waals surface area contributed by atoms with Crippen molar-refractivity contribution in [1.29, 1.82) is 0 Å². The Labute approximate surface area is 144 Å². The lowest BCUT2D eigenvalue weighted by Gasteiger charge is -2.21. The van der Waals surface area contributed by atoms with Crippen LogP contribution >= 0.6 is 23.2 Å². The molecule has 5 nitrogen and oxygen atoms in total. The van der Waals surface area contributed by atoms with E-state index in [0.717, 1.165) is 24.7 Å². The van der Waals surface area contributed by atoms with Crippen molar-refractivity contribution >= 4 is 23.2 Å². The molecule has 1 aromatic carbocycles. The molecule has 23 heavy (non-hydrogen) atoms. The molecular weight excluding hydrogens is 337 g/mol. The smallest absolute Gasteiger partial charge is 0.141 e. The minimum absolute atomic E-state index is 0.0522. The van der Waals surface area contributed by atoms with Gasteiger partial charge in [-0.3, -0.25) is 0 Å². The van der Waals surface area contributed by atoms with Gasteiger partial charge in [0.15, 0.2) is 0 Å². The van der Waals surface area contributed by atoms with E-state index in [1.807, 2.05) is 0 Å². The lowest BCUT2D eigenvalue weighted by atomic mass is 9.89. The van der Waals surface area contributed by atoms with Gasteiger partial charge in [0, 0.05) is 31.1 Å². The Morgan fingerprint density at radius 3 is 2.91 bits per heavy atom.